The van der Waals surface area contributed by atoms with Crippen molar-refractivity contribution in [2.45, 2.75) is 0 Å². The Morgan fingerprint density at radius 1 is 1.25 bits per heavy atom. The highest BCUT2D eigenvalue weighted by atomic mass is 16.5. The van der Waals surface area contributed by atoms with E-state index < -0.39 is 0 Å². The van der Waals surface area contributed by atoms with Crippen LogP contribution in [0.15, 0.2) is 35.5 Å². The van der Waals surface area contributed by atoms with Gasteiger partial charge in [-0.1, -0.05) is 0 Å². The maximum Gasteiger partial charge on any atom is 0.261 e. The third kappa shape index (κ3) is 1.80. The molecule has 20 heavy (non-hydrogen) atoms. The zero-order chi connectivity index (χ0) is 14.1. The summed E-state index contributed by atoms with van der Waals surface area (Å²) < 4.78 is 12.0. The van der Waals surface area contributed by atoms with E-state index in [2.05, 4.69) is 15.1 Å². The number of rotatable bonds is 3. The number of methoxy groups -OCH3 is 2. The molecule has 7 heteroatoms. The minimum absolute atomic E-state index is 0.228. The van der Waals surface area contributed by atoms with Crippen LogP contribution in [0, 0.1) is 0 Å². The molecule has 0 radical (unpaired) electrons. The summed E-state index contributed by atoms with van der Waals surface area (Å²) in [7, 11) is 3.14. The lowest BCUT2D eigenvalue weighted by Gasteiger charge is -2.10. The van der Waals surface area contributed by atoms with Crippen molar-refractivity contribution in [3.63, 3.8) is 0 Å². The van der Waals surface area contributed by atoms with Crippen molar-refractivity contribution in [3.05, 3.63) is 41.1 Å². The summed E-state index contributed by atoms with van der Waals surface area (Å²) in [5.41, 5.74) is 0.923. The number of fused-ring (bicyclic) bond motifs is 1. The Kier molecular flexibility index (Phi) is 2.86. The Morgan fingerprint density at radius 3 is 2.85 bits per heavy atom. The first-order valence-electron chi connectivity index (χ1n) is 5.88. The Balaban J connectivity index is 2.26. The molecule has 3 aromatic rings. The number of H-pyrrole nitrogens is 1. The Labute approximate surface area is 113 Å². The number of aromatic nitrogens is 4. The van der Waals surface area contributed by atoms with Crippen molar-refractivity contribution >= 4 is 11.0 Å². The van der Waals surface area contributed by atoms with E-state index in [0.717, 1.165) is 0 Å². The fourth-order valence-corrected chi connectivity index (χ4v) is 1.99. The molecular weight excluding hydrogens is 260 g/mol. The Bertz CT molecular complexity index is 822. The first-order valence-corrected chi connectivity index (χ1v) is 5.88. The van der Waals surface area contributed by atoms with Crippen LogP contribution >= 0.6 is 0 Å². The molecule has 0 saturated carbocycles. The maximum absolute atomic E-state index is 11.7. The summed E-state index contributed by atoms with van der Waals surface area (Å²) in [6.07, 6.45) is 2.82. The van der Waals surface area contributed by atoms with Gasteiger partial charge < -0.3 is 14.5 Å². The van der Waals surface area contributed by atoms with Gasteiger partial charge in [0.2, 0.25) is 0 Å². The molecule has 0 saturated heterocycles. The molecule has 0 bridgehead atoms. The topological polar surface area (TPSA) is 82.0 Å². The fourth-order valence-electron chi connectivity index (χ4n) is 1.99. The number of aromatic amines is 1. The second kappa shape index (κ2) is 4.69. The van der Waals surface area contributed by atoms with E-state index in [0.29, 0.717) is 28.2 Å². The lowest BCUT2D eigenvalue weighted by molar-refractivity contribution is 0.392. The molecule has 0 spiro atoms. The molecule has 0 aliphatic rings. The van der Waals surface area contributed by atoms with Crippen molar-refractivity contribution in [3.8, 4) is 17.2 Å². The summed E-state index contributed by atoms with van der Waals surface area (Å²) in [6, 6.07) is 5.33. The number of benzene rings is 1. The summed E-state index contributed by atoms with van der Waals surface area (Å²) in [5, 5.41) is 4.63. The van der Waals surface area contributed by atoms with Gasteiger partial charge in [-0.05, 0) is 12.1 Å². The van der Waals surface area contributed by atoms with Crippen LogP contribution in [0.5, 0.6) is 11.5 Å². The third-order valence-electron chi connectivity index (χ3n) is 2.99. The zero-order valence-electron chi connectivity index (χ0n) is 11.0. The van der Waals surface area contributed by atoms with Gasteiger partial charge in [-0.3, -0.25) is 4.79 Å². The van der Waals surface area contributed by atoms with E-state index in [1.165, 1.54) is 12.5 Å². The first kappa shape index (κ1) is 12.2. The SMILES string of the molecule is COc1ccc(-n2ncc3c(=O)[nH]cnc32)c(OC)c1. The van der Waals surface area contributed by atoms with Crippen molar-refractivity contribution in [2.75, 3.05) is 14.2 Å². The van der Waals surface area contributed by atoms with Crippen LogP contribution in [0.4, 0.5) is 0 Å². The quantitative estimate of drug-likeness (QED) is 0.772. The van der Waals surface area contributed by atoms with Gasteiger partial charge >= 0.3 is 0 Å². The van der Waals surface area contributed by atoms with Crippen LogP contribution in [0.25, 0.3) is 16.7 Å². The van der Waals surface area contributed by atoms with E-state index in [-0.39, 0.29) is 5.56 Å². The number of nitrogens with zero attached hydrogens (tertiary/aromatic N) is 3. The highest BCUT2D eigenvalue weighted by molar-refractivity contribution is 5.75. The lowest BCUT2D eigenvalue weighted by Crippen LogP contribution is -2.07. The van der Waals surface area contributed by atoms with Crippen LogP contribution in [-0.2, 0) is 0 Å². The van der Waals surface area contributed by atoms with Gasteiger partial charge in [0.15, 0.2) is 5.65 Å². The van der Waals surface area contributed by atoms with Gasteiger partial charge in [-0.25, -0.2) is 9.67 Å². The van der Waals surface area contributed by atoms with Crippen LogP contribution in [0.1, 0.15) is 0 Å². The molecule has 1 N–H and O–H groups in total. The predicted molar refractivity (Wildman–Crippen MR) is 72.6 cm³/mol. The normalized spacial score (nSPS) is 10.7. The molecule has 0 aliphatic heterocycles. The number of hydrogen-bond acceptors (Lipinski definition) is 5. The van der Waals surface area contributed by atoms with Gasteiger partial charge in [0.25, 0.3) is 5.56 Å². The summed E-state index contributed by atoms with van der Waals surface area (Å²) in [6.45, 7) is 0. The van der Waals surface area contributed by atoms with Crippen molar-refractivity contribution in [1.82, 2.24) is 19.7 Å². The second-order valence-electron chi connectivity index (χ2n) is 4.06. The first-order chi connectivity index (χ1) is 9.74. The highest BCUT2D eigenvalue weighted by Gasteiger charge is 2.13. The standard InChI is InChI=1S/C13H12N4O3/c1-19-8-3-4-10(11(5-8)20-2)17-12-9(6-16-17)13(18)15-7-14-12/h3-7H,1-2H3,(H,14,15,18). The van der Waals surface area contributed by atoms with Crippen LogP contribution in [0.3, 0.4) is 0 Å². The summed E-state index contributed by atoms with van der Waals surface area (Å²) >= 11 is 0. The zero-order valence-corrected chi connectivity index (χ0v) is 11.0. The van der Waals surface area contributed by atoms with Crippen LogP contribution in [0.2, 0.25) is 0 Å². The second-order valence-corrected chi connectivity index (χ2v) is 4.06. The molecule has 0 unspecified atom stereocenters. The average molecular weight is 272 g/mol. The van der Waals surface area contributed by atoms with Gasteiger partial charge in [0.05, 0.1) is 26.7 Å². The Morgan fingerprint density at radius 2 is 2.10 bits per heavy atom. The smallest absolute Gasteiger partial charge is 0.261 e. The monoisotopic (exact) mass is 272 g/mol. The largest absolute Gasteiger partial charge is 0.497 e. The number of hydrogen-bond donors (Lipinski definition) is 1. The molecule has 2 aromatic heterocycles. The minimum Gasteiger partial charge on any atom is -0.497 e. The molecular formula is C13H12N4O3. The van der Waals surface area contributed by atoms with Crippen molar-refractivity contribution in [1.29, 1.82) is 0 Å². The van der Waals surface area contributed by atoms with Gasteiger partial charge in [-0.2, -0.15) is 5.10 Å². The summed E-state index contributed by atoms with van der Waals surface area (Å²) in [5.74, 6) is 1.25. The van der Waals surface area contributed by atoms with E-state index in [1.807, 2.05) is 0 Å². The average Bonchev–Trinajstić information content (AvgIpc) is 2.91. The molecule has 0 fully saturated rings. The molecule has 2 heterocycles. The van der Waals surface area contributed by atoms with E-state index in [4.69, 9.17) is 9.47 Å². The molecule has 3 rings (SSSR count). The third-order valence-corrected chi connectivity index (χ3v) is 2.99. The van der Waals surface area contributed by atoms with E-state index in [9.17, 15) is 4.79 Å². The van der Waals surface area contributed by atoms with Gasteiger partial charge in [0.1, 0.15) is 22.6 Å². The van der Waals surface area contributed by atoms with Gasteiger partial charge in [-0.15, -0.1) is 0 Å². The van der Waals surface area contributed by atoms with Crippen molar-refractivity contribution < 1.29 is 9.47 Å². The molecule has 0 amide bonds. The maximum atomic E-state index is 11.7. The van der Waals surface area contributed by atoms with Crippen LogP contribution in [-0.4, -0.2) is 34.0 Å². The van der Waals surface area contributed by atoms with Crippen LogP contribution < -0.4 is 15.0 Å². The molecule has 0 aliphatic carbocycles. The predicted octanol–water partition coefficient (Wildman–Crippen LogP) is 1.13. The highest BCUT2D eigenvalue weighted by Crippen LogP contribution is 2.28. The van der Waals surface area contributed by atoms with Gasteiger partial charge in [0, 0.05) is 6.07 Å². The molecule has 0 atom stereocenters. The number of ether oxygens (including phenoxy) is 2. The van der Waals surface area contributed by atoms with E-state index in [1.54, 1.807) is 37.1 Å². The fraction of sp³-hybridized carbons (Fsp3) is 0.154. The van der Waals surface area contributed by atoms with Crippen molar-refractivity contribution in [2.24, 2.45) is 0 Å². The summed E-state index contributed by atoms with van der Waals surface area (Å²) in [4.78, 5) is 18.3. The molecule has 7 nitrogen and oxygen atoms in total. The Hall–Kier alpha value is -2.83. The van der Waals surface area contributed by atoms with E-state index >= 15 is 0 Å². The number of nitrogens with one attached hydrogen (secondary N) is 1. The lowest BCUT2D eigenvalue weighted by atomic mass is 10.2. The molecule has 1 aromatic carbocycles. The molecule has 102 valence electrons. The minimum atomic E-state index is -0.228.